The van der Waals surface area contributed by atoms with Crippen molar-refractivity contribution < 1.29 is 4.74 Å². The molecule has 2 aromatic rings. The van der Waals surface area contributed by atoms with Crippen LogP contribution < -0.4 is 5.73 Å². The zero-order valence-corrected chi connectivity index (χ0v) is 10.1. The molecule has 2 N–H and O–H groups in total. The van der Waals surface area contributed by atoms with Crippen LogP contribution in [-0.4, -0.2) is 4.98 Å². The number of thiazole rings is 1. The second-order valence-corrected chi connectivity index (χ2v) is 4.63. The monoisotopic (exact) mass is 254 g/mol. The summed E-state index contributed by atoms with van der Waals surface area (Å²) in [5, 5.41) is 3.19. The smallest absolute Gasteiger partial charge is 0.180 e. The van der Waals surface area contributed by atoms with Crippen molar-refractivity contribution in [3.8, 4) is 0 Å². The Morgan fingerprint density at radius 1 is 1.38 bits per heavy atom. The Hall–Kier alpha value is -1.10. The minimum absolute atomic E-state index is 0.472. The van der Waals surface area contributed by atoms with Gasteiger partial charge in [-0.15, -0.1) is 11.3 Å². The predicted octanol–water partition coefficient (Wildman–Crippen LogP) is 3.10. The van der Waals surface area contributed by atoms with Gasteiger partial charge in [0.2, 0.25) is 0 Å². The van der Waals surface area contributed by atoms with Crippen molar-refractivity contribution in [3.63, 3.8) is 0 Å². The van der Waals surface area contributed by atoms with Crippen LogP contribution in [0, 0.1) is 0 Å². The highest BCUT2D eigenvalue weighted by atomic mass is 35.5. The molecule has 0 radical (unpaired) electrons. The Labute approximate surface area is 103 Å². The first-order chi connectivity index (χ1) is 7.74. The van der Waals surface area contributed by atoms with Crippen molar-refractivity contribution in [3.05, 3.63) is 45.9 Å². The van der Waals surface area contributed by atoms with Gasteiger partial charge in [-0.05, 0) is 17.7 Å². The molecule has 0 bridgehead atoms. The van der Waals surface area contributed by atoms with E-state index in [0.717, 1.165) is 16.3 Å². The van der Waals surface area contributed by atoms with Gasteiger partial charge in [-0.1, -0.05) is 23.7 Å². The second-order valence-electron chi connectivity index (χ2n) is 3.30. The van der Waals surface area contributed by atoms with Gasteiger partial charge >= 0.3 is 0 Å². The Morgan fingerprint density at radius 2 is 2.25 bits per heavy atom. The van der Waals surface area contributed by atoms with Crippen molar-refractivity contribution in [2.75, 3.05) is 5.73 Å². The SMILES string of the molecule is Nc1nc(COCc2cccc(Cl)c2)cs1. The standard InChI is InChI=1S/C11H11ClN2OS/c12-9-3-1-2-8(4-9)5-15-6-10-7-16-11(13)14-10/h1-4,7H,5-6H2,(H2,13,14). The second kappa shape index (κ2) is 5.30. The molecule has 0 fully saturated rings. The number of hydrogen-bond acceptors (Lipinski definition) is 4. The van der Waals surface area contributed by atoms with Crippen LogP contribution in [0.1, 0.15) is 11.3 Å². The molecule has 1 aromatic heterocycles. The van der Waals surface area contributed by atoms with Gasteiger partial charge in [-0.25, -0.2) is 4.98 Å². The fraction of sp³-hybridized carbons (Fsp3) is 0.182. The molecular formula is C11H11ClN2OS. The number of nitrogens with zero attached hydrogens (tertiary/aromatic N) is 1. The molecule has 2 rings (SSSR count). The van der Waals surface area contributed by atoms with Gasteiger partial charge in [-0.3, -0.25) is 0 Å². The molecule has 1 aromatic carbocycles. The molecule has 0 saturated heterocycles. The zero-order valence-electron chi connectivity index (χ0n) is 8.52. The minimum atomic E-state index is 0.472. The third kappa shape index (κ3) is 3.20. The first-order valence-electron chi connectivity index (χ1n) is 4.76. The molecule has 0 aliphatic heterocycles. The van der Waals surface area contributed by atoms with E-state index in [2.05, 4.69) is 4.98 Å². The maximum atomic E-state index is 5.86. The van der Waals surface area contributed by atoms with E-state index in [-0.39, 0.29) is 0 Å². The lowest BCUT2D eigenvalue weighted by Crippen LogP contribution is -1.95. The van der Waals surface area contributed by atoms with Gasteiger partial charge in [0, 0.05) is 10.4 Å². The first-order valence-corrected chi connectivity index (χ1v) is 6.02. The lowest BCUT2D eigenvalue weighted by Gasteiger charge is -2.02. The largest absolute Gasteiger partial charge is 0.375 e. The Kier molecular flexibility index (Phi) is 3.77. The van der Waals surface area contributed by atoms with Crippen molar-refractivity contribution in [2.24, 2.45) is 0 Å². The lowest BCUT2D eigenvalue weighted by atomic mass is 10.2. The van der Waals surface area contributed by atoms with Crippen LogP contribution in [0.5, 0.6) is 0 Å². The van der Waals surface area contributed by atoms with Gasteiger partial charge in [0.1, 0.15) is 0 Å². The summed E-state index contributed by atoms with van der Waals surface area (Å²) < 4.78 is 5.50. The predicted molar refractivity (Wildman–Crippen MR) is 66.5 cm³/mol. The Balaban J connectivity index is 1.84. The number of nitrogen functional groups attached to an aromatic ring is 1. The highest BCUT2D eigenvalue weighted by molar-refractivity contribution is 7.13. The van der Waals surface area contributed by atoms with Crippen molar-refractivity contribution in [2.45, 2.75) is 13.2 Å². The Morgan fingerprint density at radius 3 is 2.94 bits per heavy atom. The fourth-order valence-electron chi connectivity index (χ4n) is 1.29. The molecule has 16 heavy (non-hydrogen) atoms. The quantitative estimate of drug-likeness (QED) is 0.912. The third-order valence-corrected chi connectivity index (χ3v) is 2.94. The maximum Gasteiger partial charge on any atom is 0.180 e. The van der Waals surface area contributed by atoms with Crippen molar-refractivity contribution >= 4 is 28.1 Å². The summed E-state index contributed by atoms with van der Waals surface area (Å²) in [6.45, 7) is 0.998. The summed E-state index contributed by atoms with van der Waals surface area (Å²) in [4.78, 5) is 4.10. The lowest BCUT2D eigenvalue weighted by molar-refractivity contribution is 0.105. The molecule has 0 spiro atoms. The maximum absolute atomic E-state index is 5.86. The van der Waals surface area contributed by atoms with Gasteiger partial charge in [0.25, 0.3) is 0 Å². The molecule has 5 heteroatoms. The molecule has 0 amide bonds. The van der Waals surface area contributed by atoms with E-state index < -0.39 is 0 Å². The van der Waals surface area contributed by atoms with E-state index in [4.69, 9.17) is 22.1 Å². The number of rotatable bonds is 4. The van der Waals surface area contributed by atoms with E-state index in [1.54, 1.807) is 0 Å². The number of hydrogen-bond donors (Lipinski definition) is 1. The highest BCUT2D eigenvalue weighted by Gasteiger charge is 1.99. The molecule has 0 aliphatic rings. The number of ether oxygens (including phenoxy) is 1. The summed E-state index contributed by atoms with van der Waals surface area (Å²) in [7, 11) is 0. The fourth-order valence-corrected chi connectivity index (χ4v) is 2.05. The molecule has 1 heterocycles. The van der Waals surface area contributed by atoms with E-state index in [1.165, 1.54) is 11.3 Å². The average Bonchev–Trinajstić information content (AvgIpc) is 2.64. The van der Waals surface area contributed by atoms with Crippen LogP contribution in [0.2, 0.25) is 5.02 Å². The van der Waals surface area contributed by atoms with E-state index in [9.17, 15) is 0 Å². The molecule has 84 valence electrons. The molecule has 0 aliphatic carbocycles. The van der Waals surface area contributed by atoms with Gasteiger partial charge in [-0.2, -0.15) is 0 Å². The van der Waals surface area contributed by atoms with Crippen LogP contribution in [0.4, 0.5) is 5.13 Å². The van der Waals surface area contributed by atoms with Crippen molar-refractivity contribution in [1.29, 1.82) is 0 Å². The van der Waals surface area contributed by atoms with Crippen molar-refractivity contribution in [1.82, 2.24) is 4.98 Å². The van der Waals surface area contributed by atoms with E-state index in [0.29, 0.717) is 18.3 Å². The summed E-state index contributed by atoms with van der Waals surface area (Å²) in [5.41, 5.74) is 7.43. The number of halogens is 1. The van der Waals surface area contributed by atoms with E-state index in [1.807, 2.05) is 29.6 Å². The molecule has 0 atom stereocenters. The van der Waals surface area contributed by atoms with Crippen LogP contribution in [0.3, 0.4) is 0 Å². The van der Waals surface area contributed by atoms with Crippen LogP contribution in [0.15, 0.2) is 29.6 Å². The summed E-state index contributed by atoms with van der Waals surface area (Å²) in [5.74, 6) is 0. The van der Waals surface area contributed by atoms with Gasteiger partial charge < -0.3 is 10.5 Å². The first kappa shape index (κ1) is 11.4. The van der Waals surface area contributed by atoms with Crippen LogP contribution >= 0.6 is 22.9 Å². The number of anilines is 1. The summed E-state index contributed by atoms with van der Waals surface area (Å²) in [6, 6.07) is 7.60. The van der Waals surface area contributed by atoms with E-state index >= 15 is 0 Å². The zero-order chi connectivity index (χ0) is 11.4. The van der Waals surface area contributed by atoms with Gasteiger partial charge in [0.15, 0.2) is 5.13 Å². The minimum Gasteiger partial charge on any atom is -0.375 e. The number of aromatic nitrogens is 1. The topological polar surface area (TPSA) is 48.1 Å². The average molecular weight is 255 g/mol. The van der Waals surface area contributed by atoms with Gasteiger partial charge in [0.05, 0.1) is 18.9 Å². The molecule has 0 saturated carbocycles. The summed E-state index contributed by atoms with van der Waals surface area (Å²) >= 11 is 7.28. The van der Waals surface area contributed by atoms with Crippen LogP contribution in [-0.2, 0) is 18.0 Å². The highest BCUT2D eigenvalue weighted by Crippen LogP contribution is 2.14. The molecule has 3 nitrogen and oxygen atoms in total. The number of benzene rings is 1. The number of nitrogens with two attached hydrogens (primary N) is 1. The Bertz CT molecular complexity index is 473. The molecular weight excluding hydrogens is 244 g/mol. The summed E-state index contributed by atoms with van der Waals surface area (Å²) in [6.07, 6.45) is 0. The third-order valence-electron chi connectivity index (χ3n) is 1.98. The van der Waals surface area contributed by atoms with Crippen LogP contribution in [0.25, 0.3) is 0 Å². The molecule has 0 unspecified atom stereocenters. The normalized spacial score (nSPS) is 10.6.